The van der Waals surface area contributed by atoms with Crippen LogP contribution < -0.4 is 0 Å². The minimum Gasteiger partial charge on any atom is -0.411 e. The van der Waals surface area contributed by atoms with Crippen LogP contribution >= 0.6 is 0 Å². The predicted octanol–water partition coefficient (Wildman–Crippen LogP) is 1.83. The maximum Gasteiger partial charge on any atom is 0.156 e. The summed E-state index contributed by atoms with van der Waals surface area (Å²) in [6, 6.07) is 5.15. The van der Waals surface area contributed by atoms with Crippen LogP contribution in [0, 0.1) is 5.82 Å². The quantitative estimate of drug-likeness (QED) is 0.509. The molecule has 1 atom stereocenters. The number of sulfone groups is 1. The van der Waals surface area contributed by atoms with E-state index in [9.17, 15) is 12.8 Å². The average Bonchev–Trinajstić information content (AvgIpc) is 2.25. The summed E-state index contributed by atoms with van der Waals surface area (Å²) in [5.74, 6) is -0.432. The molecule has 0 aromatic heterocycles. The molecule has 0 radical (unpaired) electrons. The van der Waals surface area contributed by atoms with Crippen molar-refractivity contribution in [1.29, 1.82) is 0 Å². The SMILES string of the molecule is CC[C@H](/C(=N\O)c1ccc(F)cc1)S(C)(=O)=O. The van der Waals surface area contributed by atoms with Crippen molar-refractivity contribution in [3.05, 3.63) is 35.6 Å². The van der Waals surface area contributed by atoms with Crippen molar-refractivity contribution >= 4 is 15.5 Å². The first-order valence-corrected chi connectivity index (χ1v) is 7.02. The molecular weight excluding hydrogens is 245 g/mol. The number of hydrogen-bond acceptors (Lipinski definition) is 4. The largest absolute Gasteiger partial charge is 0.411 e. The highest BCUT2D eigenvalue weighted by molar-refractivity contribution is 7.92. The van der Waals surface area contributed by atoms with E-state index >= 15 is 0 Å². The molecule has 1 aromatic rings. The van der Waals surface area contributed by atoms with Crippen molar-refractivity contribution in [2.45, 2.75) is 18.6 Å². The van der Waals surface area contributed by atoms with E-state index in [0.29, 0.717) is 5.56 Å². The highest BCUT2D eigenvalue weighted by atomic mass is 32.2. The van der Waals surface area contributed by atoms with E-state index in [0.717, 1.165) is 6.26 Å². The zero-order chi connectivity index (χ0) is 13.1. The smallest absolute Gasteiger partial charge is 0.156 e. The zero-order valence-corrected chi connectivity index (χ0v) is 10.4. The minimum atomic E-state index is -3.37. The summed E-state index contributed by atoms with van der Waals surface area (Å²) in [7, 11) is -3.37. The van der Waals surface area contributed by atoms with Gasteiger partial charge >= 0.3 is 0 Å². The van der Waals surface area contributed by atoms with Crippen molar-refractivity contribution in [3.8, 4) is 0 Å². The van der Waals surface area contributed by atoms with Gasteiger partial charge in [-0.3, -0.25) is 0 Å². The molecule has 94 valence electrons. The topological polar surface area (TPSA) is 66.7 Å². The molecule has 0 spiro atoms. The molecule has 0 heterocycles. The maximum atomic E-state index is 12.8. The van der Waals surface area contributed by atoms with E-state index in [1.54, 1.807) is 6.92 Å². The van der Waals surface area contributed by atoms with Gasteiger partial charge in [-0.15, -0.1) is 0 Å². The van der Waals surface area contributed by atoms with Crippen molar-refractivity contribution < 1.29 is 18.0 Å². The van der Waals surface area contributed by atoms with Gasteiger partial charge in [-0.25, -0.2) is 12.8 Å². The standard InChI is InChI=1S/C11H14FNO3S/c1-3-10(17(2,15)16)11(13-14)8-4-6-9(12)7-5-8/h4-7,10,14H,3H2,1-2H3/b13-11-/t10-/m1/s1. The van der Waals surface area contributed by atoms with Crippen LogP contribution in [-0.4, -0.2) is 30.8 Å². The highest BCUT2D eigenvalue weighted by Gasteiger charge is 2.26. The molecule has 0 fully saturated rings. The van der Waals surface area contributed by atoms with Crippen molar-refractivity contribution in [1.82, 2.24) is 0 Å². The lowest BCUT2D eigenvalue weighted by Crippen LogP contribution is -2.29. The van der Waals surface area contributed by atoms with E-state index in [4.69, 9.17) is 5.21 Å². The second-order valence-corrected chi connectivity index (χ2v) is 5.95. The maximum absolute atomic E-state index is 12.8. The van der Waals surface area contributed by atoms with Crippen LogP contribution in [0.3, 0.4) is 0 Å². The van der Waals surface area contributed by atoms with Crippen molar-refractivity contribution in [2.75, 3.05) is 6.26 Å². The third kappa shape index (κ3) is 3.26. The fourth-order valence-electron chi connectivity index (χ4n) is 1.63. The van der Waals surface area contributed by atoms with Crippen molar-refractivity contribution in [2.24, 2.45) is 5.16 Å². The number of benzene rings is 1. The molecular formula is C11H14FNO3S. The van der Waals surface area contributed by atoms with Crippen LogP contribution in [0.1, 0.15) is 18.9 Å². The summed E-state index contributed by atoms with van der Waals surface area (Å²) >= 11 is 0. The second-order valence-electron chi connectivity index (χ2n) is 3.72. The van der Waals surface area contributed by atoms with Crippen LogP contribution in [-0.2, 0) is 9.84 Å². The van der Waals surface area contributed by atoms with Gasteiger partial charge in [0.15, 0.2) is 9.84 Å². The molecule has 0 saturated carbocycles. The lowest BCUT2D eigenvalue weighted by molar-refractivity contribution is 0.318. The summed E-state index contributed by atoms with van der Waals surface area (Å²) in [6.45, 7) is 1.68. The molecule has 1 aromatic carbocycles. The Kier molecular flexibility index (Phi) is 4.22. The second kappa shape index (κ2) is 5.27. The molecule has 4 nitrogen and oxygen atoms in total. The van der Waals surface area contributed by atoms with E-state index in [1.165, 1.54) is 24.3 Å². The minimum absolute atomic E-state index is 0.0370. The third-order valence-corrected chi connectivity index (χ3v) is 4.03. The van der Waals surface area contributed by atoms with Gasteiger partial charge in [-0.2, -0.15) is 0 Å². The molecule has 0 amide bonds. The number of halogens is 1. The van der Waals surface area contributed by atoms with Gasteiger partial charge in [0.1, 0.15) is 16.8 Å². The molecule has 0 aliphatic carbocycles. The predicted molar refractivity (Wildman–Crippen MR) is 63.6 cm³/mol. The van der Waals surface area contributed by atoms with Crippen molar-refractivity contribution in [3.63, 3.8) is 0 Å². The number of rotatable bonds is 4. The summed E-state index contributed by atoms with van der Waals surface area (Å²) in [4.78, 5) is 0. The van der Waals surface area contributed by atoms with E-state index in [1.807, 2.05) is 0 Å². The Hall–Kier alpha value is -1.43. The van der Waals surface area contributed by atoms with Gasteiger partial charge in [0.05, 0.1) is 0 Å². The van der Waals surface area contributed by atoms with Gasteiger partial charge in [0.2, 0.25) is 0 Å². The first kappa shape index (κ1) is 13.6. The lowest BCUT2D eigenvalue weighted by Gasteiger charge is -2.14. The van der Waals surface area contributed by atoms with Crippen LogP contribution in [0.2, 0.25) is 0 Å². The first-order chi connectivity index (χ1) is 7.90. The average molecular weight is 259 g/mol. The molecule has 0 aliphatic heterocycles. The fourth-order valence-corrected chi connectivity index (χ4v) is 2.82. The van der Waals surface area contributed by atoms with Gasteiger partial charge in [-0.05, 0) is 18.6 Å². The van der Waals surface area contributed by atoms with Gasteiger partial charge in [-0.1, -0.05) is 24.2 Å². The highest BCUT2D eigenvalue weighted by Crippen LogP contribution is 2.14. The Balaban J connectivity index is 3.20. The normalized spacial score (nSPS) is 14.6. The number of oxime groups is 1. The molecule has 0 unspecified atom stereocenters. The fraction of sp³-hybridized carbons (Fsp3) is 0.364. The Morgan fingerprint density at radius 1 is 1.41 bits per heavy atom. The summed E-state index contributed by atoms with van der Waals surface area (Å²) in [5, 5.41) is 11.1. The first-order valence-electron chi connectivity index (χ1n) is 5.07. The lowest BCUT2D eigenvalue weighted by atomic mass is 10.1. The van der Waals surface area contributed by atoms with Gasteiger partial charge in [0, 0.05) is 11.8 Å². The number of nitrogens with zero attached hydrogens (tertiary/aromatic N) is 1. The monoisotopic (exact) mass is 259 g/mol. The molecule has 0 bridgehead atoms. The Morgan fingerprint density at radius 2 is 1.94 bits per heavy atom. The Bertz CT molecular complexity index is 508. The molecule has 1 rings (SSSR count). The van der Waals surface area contributed by atoms with Gasteiger partial charge in [0.25, 0.3) is 0 Å². The van der Waals surface area contributed by atoms with E-state index in [2.05, 4.69) is 5.16 Å². The number of hydrogen-bond donors (Lipinski definition) is 1. The van der Waals surface area contributed by atoms with Gasteiger partial charge < -0.3 is 5.21 Å². The van der Waals surface area contributed by atoms with Crippen LogP contribution in [0.5, 0.6) is 0 Å². The molecule has 6 heteroatoms. The summed E-state index contributed by atoms with van der Waals surface area (Å²) in [5.41, 5.74) is 0.432. The third-order valence-electron chi connectivity index (χ3n) is 2.44. The zero-order valence-electron chi connectivity index (χ0n) is 9.59. The molecule has 0 saturated heterocycles. The Morgan fingerprint density at radius 3 is 2.29 bits per heavy atom. The molecule has 0 aliphatic rings. The van der Waals surface area contributed by atoms with Crippen LogP contribution in [0.15, 0.2) is 29.4 Å². The summed E-state index contributed by atoms with van der Waals surface area (Å²) < 4.78 is 35.8. The van der Waals surface area contributed by atoms with E-state index < -0.39 is 20.9 Å². The van der Waals surface area contributed by atoms with E-state index in [-0.39, 0.29) is 12.1 Å². The van der Waals surface area contributed by atoms with Crippen LogP contribution in [0.4, 0.5) is 4.39 Å². The molecule has 1 N–H and O–H groups in total. The van der Waals surface area contributed by atoms with Crippen LogP contribution in [0.25, 0.3) is 0 Å². The Labute approximate surface area is 99.7 Å². The summed E-state index contributed by atoms with van der Waals surface area (Å²) in [6.07, 6.45) is 1.37. The molecule has 17 heavy (non-hydrogen) atoms.